The van der Waals surface area contributed by atoms with Crippen LogP contribution in [0.15, 0.2) is 35.2 Å². The number of benzene rings is 2. The molecule has 0 bridgehead atoms. The normalized spacial score (nSPS) is 11.1. The van der Waals surface area contributed by atoms with Crippen LogP contribution in [0.4, 0.5) is 14.5 Å². The zero-order chi connectivity index (χ0) is 20.4. The van der Waals surface area contributed by atoms with E-state index >= 15 is 0 Å². The molecule has 2 aromatic rings. The number of carbonyl (C=O) groups excluding carboxylic acids is 2. The van der Waals surface area contributed by atoms with E-state index in [2.05, 4.69) is 5.32 Å². The van der Waals surface area contributed by atoms with Gasteiger partial charge in [-0.1, -0.05) is 23.2 Å². The number of rotatable bonds is 5. The van der Waals surface area contributed by atoms with Crippen molar-refractivity contribution in [3.05, 3.63) is 57.6 Å². The maximum Gasteiger partial charge on any atom is 0.340 e. The van der Waals surface area contributed by atoms with Gasteiger partial charge < -0.3 is 10.1 Å². The quantitative estimate of drug-likeness (QED) is 0.696. The summed E-state index contributed by atoms with van der Waals surface area (Å²) in [5.74, 6) is -3.92. The molecule has 0 saturated heterocycles. The summed E-state index contributed by atoms with van der Waals surface area (Å²) in [5, 5.41) is 6.52. The second kappa shape index (κ2) is 8.17. The van der Waals surface area contributed by atoms with Crippen molar-refractivity contribution in [2.45, 2.75) is 4.90 Å². The van der Waals surface area contributed by atoms with E-state index in [0.717, 1.165) is 24.3 Å². The van der Waals surface area contributed by atoms with E-state index in [-0.39, 0.29) is 15.7 Å². The molecule has 27 heavy (non-hydrogen) atoms. The molecule has 0 heterocycles. The molecule has 0 spiro atoms. The molecule has 0 aliphatic rings. The van der Waals surface area contributed by atoms with Crippen LogP contribution in [-0.2, 0) is 19.6 Å². The lowest BCUT2D eigenvalue weighted by Crippen LogP contribution is -2.22. The number of hydrogen-bond donors (Lipinski definition) is 2. The topological polar surface area (TPSA) is 116 Å². The number of ether oxygens (including phenoxy) is 1. The van der Waals surface area contributed by atoms with E-state index in [1.54, 1.807) is 0 Å². The lowest BCUT2D eigenvalue weighted by Gasteiger charge is -2.10. The average Bonchev–Trinajstić information content (AvgIpc) is 2.54. The summed E-state index contributed by atoms with van der Waals surface area (Å²) in [6, 6.07) is 4.25. The second-order valence-corrected chi connectivity index (χ2v) is 7.40. The van der Waals surface area contributed by atoms with Crippen molar-refractivity contribution in [2.24, 2.45) is 5.14 Å². The van der Waals surface area contributed by atoms with Gasteiger partial charge >= 0.3 is 5.97 Å². The van der Waals surface area contributed by atoms with Crippen LogP contribution in [-0.4, -0.2) is 26.9 Å². The van der Waals surface area contributed by atoms with Crippen molar-refractivity contribution in [2.75, 3.05) is 11.9 Å². The largest absolute Gasteiger partial charge is 0.452 e. The van der Waals surface area contributed by atoms with Gasteiger partial charge in [0.15, 0.2) is 6.61 Å². The van der Waals surface area contributed by atoms with Gasteiger partial charge in [-0.05, 0) is 24.3 Å². The highest BCUT2D eigenvalue weighted by Gasteiger charge is 2.21. The Morgan fingerprint density at radius 1 is 1.11 bits per heavy atom. The van der Waals surface area contributed by atoms with Crippen LogP contribution in [0.25, 0.3) is 0 Å². The predicted octanol–water partition coefficient (Wildman–Crippen LogP) is 2.71. The smallest absolute Gasteiger partial charge is 0.340 e. The molecule has 2 aromatic carbocycles. The predicted molar refractivity (Wildman–Crippen MR) is 93.1 cm³/mol. The monoisotopic (exact) mass is 438 g/mol. The maximum atomic E-state index is 13.5. The number of primary sulfonamides is 1. The highest BCUT2D eigenvalue weighted by Crippen LogP contribution is 2.28. The number of carbonyl (C=O) groups is 2. The van der Waals surface area contributed by atoms with E-state index in [9.17, 15) is 26.8 Å². The maximum absolute atomic E-state index is 13.5. The first-order valence-electron chi connectivity index (χ1n) is 6.93. The highest BCUT2D eigenvalue weighted by molar-refractivity contribution is 7.89. The van der Waals surface area contributed by atoms with Crippen molar-refractivity contribution in [3.8, 4) is 0 Å². The Labute approximate surface area is 162 Å². The van der Waals surface area contributed by atoms with Gasteiger partial charge in [-0.2, -0.15) is 0 Å². The first kappa shape index (κ1) is 21.0. The van der Waals surface area contributed by atoms with Gasteiger partial charge in [0.1, 0.15) is 16.5 Å². The molecule has 7 nitrogen and oxygen atoms in total. The van der Waals surface area contributed by atoms with Crippen LogP contribution in [0.1, 0.15) is 10.4 Å². The summed E-state index contributed by atoms with van der Waals surface area (Å²) >= 11 is 11.5. The third-order valence-electron chi connectivity index (χ3n) is 3.09. The Morgan fingerprint density at radius 2 is 1.78 bits per heavy atom. The number of nitrogens with one attached hydrogen (secondary N) is 1. The third-order valence-corrected chi connectivity index (χ3v) is 4.78. The molecule has 0 saturated carbocycles. The van der Waals surface area contributed by atoms with Crippen LogP contribution in [0, 0.1) is 11.6 Å². The molecule has 0 unspecified atom stereocenters. The van der Waals surface area contributed by atoms with Gasteiger partial charge in [0.25, 0.3) is 5.91 Å². The van der Waals surface area contributed by atoms with Crippen molar-refractivity contribution in [3.63, 3.8) is 0 Å². The first-order valence-corrected chi connectivity index (χ1v) is 9.23. The number of hydrogen-bond acceptors (Lipinski definition) is 5. The minimum absolute atomic E-state index is 0.234. The molecule has 2 rings (SSSR count). The molecule has 0 aliphatic heterocycles. The molecule has 12 heteroatoms. The van der Waals surface area contributed by atoms with Gasteiger partial charge in [-0.3, -0.25) is 4.79 Å². The highest BCUT2D eigenvalue weighted by atomic mass is 35.5. The molecule has 1 amide bonds. The average molecular weight is 439 g/mol. The van der Waals surface area contributed by atoms with Gasteiger partial charge in [0.2, 0.25) is 10.0 Å². The van der Waals surface area contributed by atoms with Crippen molar-refractivity contribution >= 4 is 50.8 Å². The zero-order valence-electron chi connectivity index (χ0n) is 13.1. The van der Waals surface area contributed by atoms with E-state index in [4.69, 9.17) is 33.1 Å². The van der Waals surface area contributed by atoms with Crippen LogP contribution in [0.3, 0.4) is 0 Å². The number of anilines is 1. The summed E-state index contributed by atoms with van der Waals surface area (Å²) in [5.41, 5.74) is -0.718. The second-order valence-electron chi connectivity index (χ2n) is 5.06. The molecule has 0 atom stereocenters. The molecular formula is C15H10Cl2F2N2O5S. The zero-order valence-corrected chi connectivity index (χ0v) is 15.5. The van der Waals surface area contributed by atoms with Gasteiger partial charge in [-0.15, -0.1) is 0 Å². The van der Waals surface area contributed by atoms with Crippen LogP contribution >= 0.6 is 23.2 Å². The minimum atomic E-state index is -4.24. The number of sulfonamides is 1. The van der Waals surface area contributed by atoms with Gasteiger partial charge in [0, 0.05) is 6.07 Å². The third kappa shape index (κ3) is 5.36. The SMILES string of the molecule is NS(=O)(=O)c1cc(C(=O)OCC(=O)Nc2ccc(F)cc2F)c(Cl)cc1Cl. The molecule has 144 valence electrons. The Morgan fingerprint density at radius 3 is 2.37 bits per heavy atom. The summed E-state index contributed by atoms with van der Waals surface area (Å²) in [7, 11) is -4.24. The van der Waals surface area contributed by atoms with Crippen LogP contribution < -0.4 is 10.5 Å². The Hall–Kier alpha value is -2.27. The summed E-state index contributed by atoms with van der Waals surface area (Å²) < 4.78 is 53.9. The molecule has 3 N–H and O–H groups in total. The Kier molecular flexibility index (Phi) is 6.37. The molecule has 0 fully saturated rings. The van der Waals surface area contributed by atoms with Crippen LogP contribution in [0.2, 0.25) is 10.0 Å². The standard InChI is InChI=1S/C15H10Cl2F2N2O5S/c16-9-5-10(17)13(27(20,24)25)4-8(9)15(23)26-6-14(22)21-12-2-1-7(18)3-11(12)19/h1-5H,6H2,(H,21,22)(H2,20,24,25). The molecular weight excluding hydrogens is 429 g/mol. The number of amides is 1. The molecule has 0 aliphatic carbocycles. The van der Waals surface area contributed by atoms with Crippen LogP contribution in [0.5, 0.6) is 0 Å². The fourth-order valence-corrected chi connectivity index (χ4v) is 3.29. The number of halogens is 4. The fourth-order valence-electron chi connectivity index (χ4n) is 1.89. The van der Waals surface area contributed by atoms with Gasteiger partial charge in [-0.25, -0.2) is 27.1 Å². The van der Waals surface area contributed by atoms with E-state index < -0.39 is 50.6 Å². The van der Waals surface area contributed by atoms with Crippen molar-refractivity contribution in [1.29, 1.82) is 0 Å². The van der Waals surface area contributed by atoms with E-state index in [1.165, 1.54) is 0 Å². The number of esters is 1. The lowest BCUT2D eigenvalue weighted by molar-refractivity contribution is -0.119. The first-order chi connectivity index (χ1) is 12.5. The summed E-state index contributed by atoms with van der Waals surface area (Å²) in [6.45, 7) is -0.848. The van der Waals surface area contributed by atoms with Crippen molar-refractivity contribution < 1.29 is 31.5 Å². The van der Waals surface area contributed by atoms with E-state index in [1.807, 2.05) is 0 Å². The lowest BCUT2D eigenvalue weighted by atomic mass is 10.2. The van der Waals surface area contributed by atoms with Gasteiger partial charge in [0.05, 0.1) is 21.3 Å². The Balaban J connectivity index is 2.10. The molecule has 0 radical (unpaired) electrons. The summed E-state index contributed by atoms with van der Waals surface area (Å²) in [6.07, 6.45) is 0. The van der Waals surface area contributed by atoms with E-state index in [0.29, 0.717) is 6.07 Å². The Bertz CT molecular complexity index is 1030. The summed E-state index contributed by atoms with van der Waals surface area (Å²) in [4.78, 5) is 23.2. The minimum Gasteiger partial charge on any atom is -0.452 e. The molecule has 0 aromatic heterocycles. The van der Waals surface area contributed by atoms with Crippen molar-refractivity contribution in [1.82, 2.24) is 0 Å². The fraction of sp³-hybridized carbons (Fsp3) is 0.0667. The number of nitrogens with two attached hydrogens (primary N) is 1.